The lowest BCUT2D eigenvalue weighted by Gasteiger charge is -2.24. The second-order valence-electron chi connectivity index (χ2n) is 16.9. The standard InChI is InChI=1S/C49H48N4O12S3/c1-28-17-37-38(51-47(68(59,60)63-4)41-22-33-10-6-8-12-40(33)53(41)49(37)56)25-42(28)64-26-29-18-30(20-34(19-29)50-46(54)45(15-16-66)67(57,58)62-3)27-65-44-23-31-13-14-35-21-32-9-5-7-11-39(32)52(35)48(55)36(31)24-43(44)61-2/h5-12,17-20,23-25,35,41,45,66H,13-16,21-22,26-27H2,1-4H3,(H,50,54)/t35-,41+,45?/m1/s1. The summed E-state index contributed by atoms with van der Waals surface area (Å²) in [5, 5.41) is 0.851. The number of carbonyl (C=O) groups is 3. The minimum Gasteiger partial charge on any atom is -0.493 e. The number of carbonyl (C=O) groups excluding carboxylic acids is 3. The Morgan fingerprint density at radius 2 is 1.41 bits per heavy atom. The number of amides is 3. The van der Waals surface area contributed by atoms with Crippen LogP contribution >= 0.6 is 12.6 Å². The maximum absolute atomic E-state index is 14.3. The minimum atomic E-state index is -4.36. The van der Waals surface area contributed by atoms with Gasteiger partial charge in [0, 0.05) is 41.2 Å². The zero-order chi connectivity index (χ0) is 48.1. The van der Waals surface area contributed by atoms with Gasteiger partial charge in [0.05, 0.1) is 38.6 Å². The topological polar surface area (TPSA) is 197 Å². The third-order valence-electron chi connectivity index (χ3n) is 12.7. The van der Waals surface area contributed by atoms with Crippen molar-refractivity contribution >= 4 is 78.4 Å². The number of hydrogen-bond acceptors (Lipinski definition) is 14. The lowest BCUT2D eigenvalue weighted by atomic mass is 9.99. The van der Waals surface area contributed by atoms with Crippen LogP contribution in [0.4, 0.5) is 22.7 Å². The molecule has 1 N–H and O–H groups in total. The Bertz CT molecular complexity index is 3140. The van der Waals surface area contributed by atoms with Gasteiger partial charge < -0.3 is 24.4 Å². The van der Waals surface area contributed by atoms with Crippen molar-refractivity contribution in [3.05, 3.63) is 136 Å². The quantitative estimate of drug-likeness (QED) is 0.0867. The summed E-state index contributed by atoms with van der Waals surface area (Å²) >= 11 is 4.17. The summed E-state index contributed by atoms with van der Waals surface area (Å²) < 4.78 is 80.6. The summed E-state index contributed by atoms with van der Waals surface area (Å²) in [5.41, 5.74) is 6.90. The second kappa shape index (κ2) is 18.7. The number of aliphatic imine (C=N–C) groups is 1. The zero-order valence-corrected chi connectivity index (χ0v) is 40.1. The van der Waals surface area contributed by atoms with Gasteiger partial charge in [-0.15, -0.1) is 0 Å². The van der Waals surface area contributed by atoms with Gasteiger partial charge in [-0.1, -0.05) is 36.4 Å². The SMILES string of the molecule is COc1cc2c(cc1OCc1cc(COc3cc4c(cc3C)C(=O)N3c5ccccc5C[C@H]3C(S(=O)(=O)OC)=N4)cc(NC(=O)C(CCS)S(=O)(=O)OC)c1)CC[C@@H]1Cc3ccccc3N1C2=O. The van der Waals surface area contributed by atoms with Crippen LogP contribution in [0.1, 0.15) is 66.9 Å². The molecule has 4 heterocycles. The van der Waals surface area contributed by atoms with E-state index in [9.17, 15) is 31.2 Å². The van der Waals surface area contributed by atoms with E-state index in [0.717, 1.165) is 49.4 Å². The Balaban J connectivity index is 1.02. The number of hydrogen-bond donors (Lipinski definition) is 2. The van der Waals surface area contributed by atoms with Crippen LogP contribution in [0, 0.1) is 6.92 Å². The molecule has 3 atom stereocenters. The highest BCUT2D eigenvalue weighted by Gasteiger charge is 2.45. The monoisotopic (exact) mass is 980 g/mol. The molecule has 5 aromatic carbocycles. The summed E-state index contributed by atoms with van der Waals surface area (Å²) in [6.07, 6.45) is 2.27. The highest BCUT2D eigenvalue weighted by Crippen LogP contribution is 2.43. The predicted molar refractivity (Wildman–Crippen MR) is 259 cm³/mol. The van der Waals surface area contributed by atoms with Gasteiger partial charge in [0.2, 0.25) is 5.91 Å². The predicted octanol–water partition coefficient (Wildman–Crippen LogP) is 6.87. The molecule has 3 amide bonds. The Morgan fingerprint density at radius 1 is 0.765 bits per heavy atom. The van der Waals surface area contributed by atoms with E-state index in [4.69, 9.17) is 22.6 Å². The number of nitrogens with zero attached hydrogens (tertiary/aromatic N) is 3. The number of ether oxygens (including phenoxy) is 3. The van der Waals surface area contributed by atoms with Crippen LogP contribution in [0.2, 0.25) is 0 Å². The largest absolute Gasteiger partial charge is 0.493 e. The molecule has 0 saturated heterocycles. The van der Waals surface area contributed by atoms with Crippen molar-refractivity contribution in [2.45, 2.75) is 69.6 Å². The fourth-order valence-electron chi connectivity index (χ4n) is 9.45. The number of rotatable bonds is 14. The van der Waals surface area contributed by atoms with E-state index in [1.807, 2.05) is 41.3 Å². The Morgan fingerprint density at radius 3 is 2.07 bits per heavy atom. The van der Waals surface area contributed by atoms with E-state index in [-0.39, 0.29) is 71.5 Å². The van der Waals surface area contributed by atoms with Crippen molar-refractivity contribution in [3.8, 4) is 17.2 Å². The highest BCUT2D eigenvalue weighted by molar-refractivity contribution is 8.02. The van der Waals surface area contributed by atoms with Gasteiger partial charge in [-0.25, -0.2) is 4.99 Å². The number of benzene rings is 5. The van der Waals surface area contributed by atoms with Crippen molar-refractivity contribution in [1.29, 1.82) is 0 Å². The molecule has 9 rings (SSSR count). The molecule has 0 fully saturated rings. The minimum absolute atomic E-state index is 0.0254. The van der Waals surface area contributed by atoms with E-state index in [1.54, 1.807) is 49.4 Å². The lowest BCUT2D eigenvalue weighted by molar-refractivity contribution is -0.116. The van der Waals surface area contributed by atoms with E-state index >= 15 is 0 Å². The normalized spacial score (nSPS) is 17.6. The second-order valence-corrected chi connectivity index (χ2v) is 20.9. The van der Waals surface area contributed by atoms with Gasteiger partial charge in [0.15, 0.2) is 21.8 Å². The van der Waals surface area contributed by atoms with E-state index in [1.165, 1.54) is 18.1 Å². The molecule has 354 valence electrons. The molecule has 68 heavy (non-hydrogen) atoms. The maximum Gasteiger partial charge on any atom is 0.312 e. The van der Waals surface area contributed by atoms with Crippen LogP contribution in [-0.2, 0) is 65.9 Å². The van der Waals surface area contributed by atoms with Crippen molar-refractivity contribution in [2.24, 2.45) is 4.99 Å². The Hall–Kier alpha value is -6.25. The van der Waals surface area contributed by atoms with Crippen LogP contribution in [0.5, 0.6) is 17.2 Å². The number of aryl methyl sites for hydroxylation is 2. The molecule has 4 aliphatic rings. The van der Waals surface area contributed by atoms with E-state index in [2.05, 4.69) is 29.0 Å². The lowest BCUT2D eigenvalue weighted by Crippen LogP contribution is -2.44. The first-order valence-electron chi connectivity index (χ1n) is 21.8. The van der Waals surface area contributed by atoms with Crippen LogP contribution in [0.25, 0.3) is 0 Å². The Labute approximate surface area is 399 Å². The molecule has 0 radical (unpaired) electrons. The molecule has 5 aromatic rings. The first-order valence-corrected chi connectivity index (χ1v) is 25.3. The smallest absolute Gasteiger partial charge is 0.312 e. The number of fused-ring (bicyclic) bond motifs is 8. The summed E-state index contributed by atoms with van der Waals surface area (Å²) in [4.78, 5) is 49.8. The molecule has 1 unspecified atom stereocenters. The van der Waals surface area contributed by atoms with E-state index < -0.39 is 43.3 Å². The maximum atomic E-state index is 14.3. The zero-order valence-electron chi connectivity index (χ0n) is 37.6. The van der Waals surface area contributed by atoms with E-state index in [0.29, 0.717) is 45.9 Å². The highest BCUT2D eigenvalue weighted by atomic mass is 32.2. The average molecular weight is 981 g/mol. The number of para-hydroxylation sites is 2. The van der Waals surface area contributed by atoms with Crippen LogP contribution in [-0.4, -0.2) is 84.0 Å². The first-order chi connectivity index (χ1) is 32.6. The van der Waals surface area contributed by atoms with Crippen LogP contribution in [0.3, 0.4) is 0 Å². The van der Waals surface area contributed by atoms with Crippen molar-refractivity contribution in [2.75, 3.05) is 42.2 Å². The summed E-state index contributed by atoms with van der Waals surface area (Å²) in [6, 6.07) is 25.9. The fourth-order valence-corrected chi connectivity index (χ4v) is 11.7. The van der Waals surface area contributed by atoms with Gasteiger partial charge in [0.1, 0.15) is 19.0 Å². The molecular formula is C49H48N4O12S3. The molecule has 4 aliphatic heterocycles. The molecule has 19 heteroatoms. The van der Waals surface area contributed by atoms with Gasteiger partial charge in [-0.05, 0) is 120 Å². The number of nitrogens with one attached hydrogen (secondary N) is 1. The molecule has 0 bridgehead atoms. The van der Waals surface area contributed by atoms with Crippen LogP contribution < -0.4 is 29.3 Å². The van der Waals surface area contributed by atoms with Crippen molar-refractivity contribution in [1.82, 2.24) is 0 Å². The fraction of sp³-hybridized carbons (Fsp3) is 0.306. The first kappa shape index (κ1) is 46.8. The van der Waals surface area contributed by atoms with Gasteiger partial charge >= 0.3 is 10.1 Å². The third kappa shape index (κ3) is 8.72. The number of anilines is 3. The molecule has 0 saturated carbocycles. The molecule has 0 spiro atoms. The Kier molecular flexibility index (Phi) is 12.9. The molecule has 16 nitrogen and oxygen atoms in total. The van der Waals surface area contributed by atoms with Gasteiger partial charge in [-0.3, -0.25) is 27.6 Å². The molecular weight excluding hydrogens is 933 g/mol. The molecule has 0 aromatic heterocycles. The summed E-state index contributed by atoms with van der Waals surface area (Å²) in [6.45, 7) is 1.59. The summed E-state index contributed by atoms with van der Waals surface area (Å²) in [7, 11) is -5.11. The van der Waals surface area contributed by atoms with Gasteiger partial charge in [-0.2, -0.15) is 29.5 Å². The number of methoxy groups -OCH3 is 1. The number of thiol groups is 1. The van der Waals surface area contributed by atoms with Gasteiger partial charge in [0.25, 0.3) is 21.9 Å². The van der Waals surface area contributed by atoms with Crippen LogP contribution in [0.15, 0.2) is 96.0 Å². The van der Waals surface area contributed by atoms with Crippen molar-refractivity contribution < 1.29 is 53.8 Å². The average Bonchev–Trinajstić information content (AvgIpc) is 3.84. The molecule has 0 aliphatic carbocycles. The third-order valence-corrected chi connectivity index (χ3v) is 15.9. The van der Waals surface area contributed by atoms with Crippen molar-refractivity contribution in [3.63, 3.8) is 0 Å². The summed E-state index contributed by atoms with van der Waals surface area (Å²) in [5.74, 6) is -0.249.